The zero-order valence-electron chi connectivity index (χ0n) is 22.8. The number of carbonyl (C=O) groups is 3. The number of halogens is 10. The van der Waals surface area contributed by atoms with Gasteiger partial charge in [-0.25, -0.2) is 17.6 Å². The first-order valence-electron chi connectivity index (χ1n) is 12.9. The average molecular weight is 710 g/mol. The Morgan fingerprint density at radius 3 is 2.28 bits per heavy atom. The van der Waals surface area contributed by atoms with Crippen molar-refractivity contribution in [3.63, 3.8) is 0 Å². The van der Waals surface area contributed by atoms with Crippen LogP contribution in [-0.4, -0.2) is 35.3 Å². The summed E-state index contributed by atoms with van der Waals surface area (Å²) in [6.45, 7) is -1.98. The molecule has 1 saturated carbocycles. The third kappa shape index (κ3) is 7.01. The zero-order valence-corrected chi connectivity index (χ0v) is 25.1. The summed E-state index contributed by atoms with van der Waals surface area (Å²) in [6.07, 6.45) is -5.83. The number of benzene rings is 3. The number of amides is 3. The van der Waals surface area contributed by atoms with Crippen LogP contribution in [0.1, 0.15) is 33.8 Å². The van der Waals surface area contributed by atoms with Crippen molar-refractivity contribution in [2.45, 2.75) is 22.8 Å². The summed E-state index contributed by atoms with van der Waals surface area (Å²) in [5.41, 5.74) is -3.77. The topological polar surface area (TPSA) is 102 Å². The third-order valence-corrected chi connectivity index (χ3v) is 8.16. The van der Waals surface area contributed by atoms with E-state index in [1.807, 2.05) is 0 Å². The van der Waals surface area contributed by atoms with Gasteiger partial charge < -0.3 is 15.5 Å². The van der Waals surface area contributed by atoms with Gasteiger partial charge in [-0.3, -0.25) is 14.4 Å². The lowest BCUT2D eigenvalue weighted by Crippen LogP contribution is -2.34. The lowest BCUT2D eigenvalue weighted by molar-refractivity contribution is -0.140. The minimum atomic E-state index is -5.02. The molecule has 3 aromatic rings. The van der Waals surface area contributed by atoms with Crippen LogP contribution in [0.2, 0.25) is 5.02 Å². The van der Waals surface area contributed by atoms with E-state index >= 15 is 4.39 Å². The zero-order chi connectivity index (χ0) is 34.1. The number of nitrogens with one attached hydrogen (secondary N) is 2. The number of nitriles is 1. The lowest BCUT2D eigenvalue weighted by Gasteiger charge is -2.22. The Morgan fingerprint density at radius 1 is 0.978 bits per heavy atom. The molecule has 0 saturated heterocycles. The fourth-order valence-electron chi connectivity index (χ4n) is 4.70. The molecule has 1 aliphatic rings. The molecule has 2 N–H and O–H groups in total. The first-order valence-corrected chi connectivity index (χ1v) is 14.0. The van der Waals surface area contributed by atoms with Crippen LogP contribution in [0.5, 0.6) is 0 Å². The Morgan fingerprint density at radius 2 is 1.65 bits per heavy atom. The Labute approximate surface area is 270 Å². The number of hydrogen-bond donors (Lipinski definition) is 2. The summed E-state index contributed by atoms with van der Waals surface area (Å²) >= 11 is 18.6. The molecule has 0 unspecified atom stereocenters. The standard InChI is InChI=1S/C29H18Cl3F7N4O3/c30-17-3-2-14(41-27(46)23-22(28(23,31)32)13-1-4-18(34)16(11-13)29(37,38)39)12-15(17)26(45)42-20-6-5-19(35)25(24(20)36)43(10-8-33)21(44)7-9-40/h1-6,11-12,22-23H,7-8,10H2,(H,41,46)(H,42,45)/t22-,23+/m0/s1. The number of nitrogens with zero attached hydrogens (tertiary/aromatic N) is 2. The quantitative estimate of drug-likeness (QED) is 0.175. The molecule has 4 rings (SSSR count). The molecule has 0 spiro atoms. The molecule has 0 radical (unpaired) electrons. The van der Waals surface area contributed by atoms with Gasteiger partial charge in [0, 0.05) is 11.6 Å². The highest BCUT2D eigenvalue weighted by Crippen LogP contribution is 2.65. The Bertz CT molecular complexity index is 1760. The van der Waals surface area contributed by atoms with Gasteiger partial charge in [0.25, 0.3) is 5.91 Å². The van der Waals surface area contributed by atoms with Gasteiger partial charge in [0.15, 0.2) is 5.82 Å². The molecule has 0 heterocycles. The second kappa shape index (κ2) is 13.4. The molecule has 0 aromatic heterocycles. The van der Waals surface area contributed by atoms with Gasteiger partial charge in [0.1, 0.15) is 34.8 Å². The molecule has 17 heteroatoms. The van der Waals surface area contributed by atoms with Crippen molar-refractivity contribution in [2.75, 3.05) is 28.8 Å². The van der Waals surface area contributed by atoms with Crippen LogP contribution in [0, 0.1) is 34.7 Å². The Kier molecular flexibility index (Phi) is 10.1. The van der Waals surface area contributed by atoms with Gasteiger partial charge in [0.2, 0.25) is 11.8 Å². The van der Waals surface area contributed by atoms with Gasteiger partial charge in [-0.2, -0.15) is 18.4 Å². The molecule has 242 valence electrons. The Balaban J connectivity index is 1.55. The predicted molar refractivity (Wildman–Crippen MR) is 155 cm³/mol. The van der Waals surface area contributed by atoms with E-state index in [0.29, 0.717) is 23.1 Å². The number of alkyl halides is 6. The van der Waals surface area contributed by atoms with Gasteiger partial charge in [-0.15, -0.1) is 23.2 Å². The number of rotatable bonds is 9. The summed E-state index contributed by atoms with van der Waals surface area (Å²) in [4.78, 5) is 38.7. The van der Waals surface area contributed by atoms with E-state index in [2.05, 4.69) is 10.6 Å². The summed E-state index contributed by atoms with van der Waals surface area (Å²) in [5.74, 6) is -9.74. The van der Waals surface area contributed by atoms with Crippen LogP contribution in [0.25, 0.3) is 0 Å². The van der Waals surface area contributed by atoms with Crippen LogP contribution in [-0.2, 0) is 15.8 Å². The minimum absolute atomic E-state index is 0.0686. The molecule has 3 aromatic carbocycles. The second-order valence-corrected chi connectivity index (χ2v) is 11.7. The number of carbonyl (C=O) groups excluding carboxylic acids is 3. The smallest absolute Gasteiger partial charge is 0.326 e. The monoisotopic (exact) mass is 708 g/mol. The summed E-state index contributed by atoms with van der Waals surface area (Å²) in [7, 11) is 0. The summed E-state index contributed by atoms with van der Waals surface area (Å²) in [5, 5.41) is 13.1. The van der Waals surface area contributed by atoms with Crippen LogP contribution >= 0.6 is 34.8 Å². The van der Waals surface area contributed by atoms with E-state index in [9.17, 15) is 40.7 Å². The van der Waals surface area contributed by atoms with Crippen molar-refractivity contribution in [3.05, 3.63) is 87.7 Å². The first kappa shape index (κ1) is 34.8. The molecule has 3 amide bonds. The van der Waals surface area contributed by atoms with Crippen LogP contribution in [0.4, 0.5) is 47.8 Å². The number of anilines is 3. The van der Waals surface area contributed by atoms with E-state index < -0.39 is 94.1 Å². The fraction of sp³-hybridized carbons (Fsp3) is 0.241. The highest BCUT2D eigenvalue weighted by Gasteiger charge is 2.67. The van der Waals surface area contributed by atoms with E-state index in [1.54, 1.807) is 0 Å². The molecule has 0 bridgehead atoms. The normalized spacial score (nSPS) is 16.7. The highest BCUT2D eigenvalue weighted by molar-refractivity contribution is 6.53. The van der Waals surface area contributed by atoms with E-state index in [1.165, 1.54) is 18.2 Å². The molecule has 2 atom stereocenters. The molecular formula is C29H18Cl3F7N4O3. The first-order chi connectivity index (χ1) is 21.5. The van der Waals surface area contributed by atoms with E-state index in [-0.39, 0.29) is 21.8 Å². The Hall–Kier alpha value is -4.06. The maximum Gasteiger partial charge on any atom is 0.419 e. The SMILES string of the molecule is N#CCC(=O)N(CCF)c1c(F)ccc(NC(=O)c2cc(NC(=O)[C@H]3[C@H](c4ccc(F)c(C(F)(F)F)c4)C3(Cl)Cl)ccc2Cl)c1F. The molecule has 0 aliphatic heterocycles. The third-order valence-electron chi connectivity index (χ3n) is 6.89. The van der Waals surface area contributed by atoms with E-state index in [4.69, 9.17) is 40.1 Å². The molecular weight excluding hydrogens is 692 g/mol. The molecule has 46 heavy (non-hydrogen) atoms. The van der Waals surface area contributed by atoms with E-state index in [0.717, 1.165) is 18.2 Å². The maximum absolute atomic E-state index is 15.3. The molecule has 1 aliphatic carbocycles. The minimum Gasteiger partial charge on any atom is -0.326 e. The highest BCUT2D eigenvalue weighted by atomic mass is 35.5. The van der Waals surface area contributed by atoms with Gasteiger partial charge in [-0.1, -0.05) is 17.7 Å². The predicted octanol–water partition coefficient (Wildman–Crippen LogP) is 7.77. The molecule has 1 fully saturated rings. The second-order valence-electron chi connectivity index (χ2n) is 9.83. The summed E-state index contributed by atoms with van der Waals surface area (Å²) in [6, 6.07) is 8.62. The summed E-state index contributed by atoms with van der Waals surface area (Å²) < 4.78 is 94.5. The number of hydrogen-bond acceptors (Lipinski definition) is 4. The van der Waals surface area contributed by atoms with Gasteiger partial charge in [0.05, 0.1) is 40.4 Å². The van der Waals surface area contributed by atoms with Crippen LogP contribution in [0.15, 0.2) is 48.5 Å². The fourth-order valence-corrected chi connectivity index (χ4v) is 5.73. The van der Waals surface area contributed by atoms with Gasteiger partial charge in [-0.05, 0) is 48.0 Å². The van der Waals surface area contributed by atoms with Gasteiger partial charge >= 0.3 is 6.18 Å². The van der Waals surface area contributed by atoms with Crippen molar-refractivity contribution in [1.82, 2.24) is 0 Å². The van der Waals surface area contributed by atoms with Crippen molar-refractivity contribution in [3.8, 4) is 6.07 Å². The van der Waals surface area contributed by atoms with Crippen molar-refractivity contribution >= 4 is 69.6 Å². The van der Waals surface area contributed by atoms with Crippen molar-refractivity contribution < 1.29 is 45.1 Å². The van der Waals surface area contributed by atoms with Crippen LogP contribution < -0.4 is 15.5 Å². The van der Waals surface area contributed by atoms with Crippen molar-refractivity contribution in [2.24, 2.45) is 5.92 Å². The lowest BCUT2D eigenvalue weighted by atomic mass is 10.0. The maximum atomic E-state index is 15.3. The van der Waals surface area contributed by atoms with Crippen molar-refractivity contribution in [1.29, 1.82) is 5.26 Å². The average Bonchev–Trinajstić information content (AvgIpc) is 3.56. The molecule has 7 nitrogen and oxygen atoms in total. The van der Waals surface area contributed by atoms with Crippen LogP contribution in [0.3, 0.4) is 0 Å². The largest absolute Gasteiger partial charge is 0.419 e.